The molecule has 0 saturated heterocycles. The molecule has 2 heterocycles. The molecule has 0 atom stereocenters. The highest BCUT2D eigenvalue weighted by atomic mass is 127. The molecular formula is C7H7IN2S. The van der Waals surface area contributed by atoms with Crippen molar-refractivity contribution in [3.05, 3.63) is 20.5 Å². The SMILES string of the molecule is Cc1sc2ncc(I)n2c1C. The summed E-state index contributed by atoms with van der Waals surface area (Å²) in [5.41, 5.74) is 1.31. The van der Waals surface area contributed by atoms with Crippen LogP contribution in [0, 0.1) is 17.5 Å². The van der Waals surface area contributed by atoms with Crippen LogP contribution in [0.4, 0.5) is 0 Å². The number of aromatic nitrogens is 2. The Bertz CT molecular complexity index is 402. The summed E-state index contributed by atoms with van der Waals surface area (Å²) in [4.78, 5) is 6.73. The summed E-state index contributed by atoms with van der Waals surface area (Å²) >= 11 is 4.05. The van der Waals surface area contributed by atoms with Crippen molar-refractivity contribution in [1.82, 2.24) is 9.38 Å². The van der Waals surface area contributed by atoms with Gasteiger partial charge < -0.3 is 0 Å². The smallest absolute Gasteiger partial charge is 0.194 e. The Morgan fingerprint density at radius 3 is 2.91 bits per heavy atom. The second kappa shape index (κ2) is 2.45. The molecule has 58 valence electrons. The second-order valence-corrected chi connectivity index (χ2v) is 4.73. The van der Waals surface area contributed by atoms with E-state index in [-0.39, 0.29) is 0 Å². The van der Waals surface area contributed by atoms with Crippen LogP contribution in [0.25, 0.3) is 4.96 Å². The van der Waals surface area contributed by atoms with Crippen LogP contribution in [-0.2, 0) is 0 Å². The molecule has 0 N–H and O–H groups in total. The molecule has 0 saturated carbocycles. The van der Waals surface area contributed by atoms with Gasteiger partial charge in [0.05, 0.1) is 6.20 Å². The van der Waals surface area contributed by atoms with E-state index in [1.54, 1.807) is 11.3 Å². The molecule has 0 amide bonds. The summed E-state index contributed by atoms with van der Waals surface area (Å²) in [6.07, 6.45) is 1.90. The summed E-state index contributed by atoms with van der Waals surface area (Å²) in [5, 5.41) is 0. The molecule has 0 spiro atoms. The van der Waals surface area contributed by atoms with Crippen LogP contribution < -0.4 is 0 Å². The Kier molecular flexibility index (Phi) is 1.68. The van der Waals surface area contributed by atoms with Crippen LogP contribution in [0.2, 0.25) is 0 Å². The van der Waals surface area contributed by atoms with Gasteiger partial charge >= 0.3 is 0 Å². The summed E-state index contributed by atoms with van der Waals surface area (Å²) in [7, 11) is 0. The number of aryl methyl sites for hydroxylation is 2. The van der Waals surface area contributed by atoms with E-state index in [0.29, 0.717) is 0 Å². The third kappa shape index (κ3) is 0.997. The zero-order valence-corrected chi connectivity index (χ0v) is 9.23. The highest BCUT2D eigenvalue weighted by Gasteiger charge is 2.07. The largest absolute Gasteiger partial charge is 0.282 e. The third-order valence-electron chi connectivity index (χ3n) is 1.78. The number of halogens is 1. The van der Waals surface area contributed by atoms with Crippen LogP contribution in [0.5, 0.6) is 0 Å². The Balaban J connectivity index is 2.95. The predicted octanol–water partition coefficient (Wildman–Crippen LogP) is 2.62. The normalized spacial score (nSPS) is 11.2. The van der Waals surface area contributed by atoms with Gasteiger partial charge in [-0.25, -0.2) is 4.98 Å². The molecule has 0 aliphatic heterocycles. The van der Waals surface area contributed by atoms with Gasteiger partial charge in [-0.05, 0) is 36.4 Å². The molecule has 11 heavy (non-hydrogen) atoms. The van der Waals surface area contributed by atoms with Crippen molar-refractivity contribution in [2.24, 2.45) is 0 Å². The summed E-state index contributed by atoms with van der Waals surface area (Å²) in [5.74, 6) is 0. The maximum Gasteiger partial charge on any atom is 0.194 e. The van der Waals surface area contributed by atoms with Crippen LogP contribution in [0.3, 0.4) is 0 Å². The Morgan fingerprint density at radius 1 is 1.55 bits per heavy atom. The molecular weight excluding hydrogens is 271 g/mol. The molecule has 0 aliphatic rings. The van der Waals surface area contributed by atoms with Crippen LogP contribution in [-0.4, -0.2) is 9.38 Å². The number of fused-ring (bicyclic) bond motifs is 1. The summed E-state index contributed by atoms with van der Waals surface area (Å²) in [6, 6.07) is 0. The van der Waals surface area contributed by atoms with E-state index in [9.17, 15) is 0 Å². The topological polar surface area (TPSA) is 17.3 Å². The van der Waals surface area contributed by atoms with E-state index < -0.39 is 0 Å². The predicted molar refractivity (Wildman–Crippen MR) is 55.3 cm³/mol. The molecule has 2 nitrogen and oxygen atoms in total. The first kappa shape index (κ1) is 7.54. The van der Waals surface area contributed by atoms with Gasteiger partial charge in [-0.3, -0.25) is 4.40 Å². The van der Waals surface area contributed by atoms with Crippen LogP contribution in [0.15, 0.2) is 6.20 Å². The van der Waals surface area contributed by atoms with Crippen molar-refractivity contribution >= 4 is 38.9 Å². The minimum Gasteiger partial charge on any atom is -0.282 e. The molecule has 2 aromatic heterocycles. The van der Waals surface area contributed by atoms with Gasteiger partial charge in [-0.2, -0.15) is 0 Å². The van der Waals surface area contributed by atoms with Gasteiger partial charge in [0.2, 0.25) is 0 Å². The van der Waals surface area contributed by atoms with E-state index in [4.69, 9.17) is 0 Å². The van der Waals surface area contributed by atoms with Crippen molar-refractivity contribution in [2.75, 3.05) is 0 Å². The second-order valence-electron chi connectivity index (χ2n) is 2.44. The van der Waals surface area contributed by atoms with Crippen molar-refractivity contribution in [1.29, 1.82) is 0 Å². The fourth-order valence-corrected chi connectivity index (χ4v) is 2.90. The van der Waals surface area contributed by atoms with Crippen molar-refractivity contribution in [3.63, 3.8) is 0 Å². The maximum absolute atomic E-state index is 4.27. The fraction of sp³-hybridized carbons (Fsp3) is 0.286. The highest BCUT2D eigenvalue weighted by molar-refractivity contribution is 14.1. The van der Waals surface area contributed by atoms with Gasteiger partial charge in [0.1, 0.15) is 3.70 Å². The van der Waals surface area contributed by atoms with E-state index >= 15 is 0 Å². The number of rotatable bonds is 0. The molecule has 0 aliphatic carbocycles. The minimum atomic E-state index is 1.10. The zero-order valence-electron chi connectivity index (χ0n) is 6.26. The Morgan fingerprint density at radius 2 is 2.27 bits per heavy atom. The van der Waals surface area contributed by atoms with Gasteiger partial charge in [0.25, 0.3) is 0 Å². The highest BCUT2D eigenvalue weighted by Crippen LogP contribution is 2.23. The molecule has 0 bridgehead atoms. The number of thiazole rings is 1. The molecule has 0 aromatic carbocycles. The third-order valence-corrected chi connectivity index (χ3v) is 3.61. The number of imidazole rings is 1. The van der Waals surface area contributed by atoms with Crippen LogP contribution in [0.1, 0.15) is 10.6 Å². The van der Waals surface area contributed by atoms with E-state index in [2.05, 4.69) is 45.8 Å². The summed E-state index contributed by atoms with van der Waals surface area (Å²) < 4.78 is 3.38. The van der Waals surface area contributed by atoms with Crippen molar-refractivity contribution < 1.29 is 0 Å². The quantitative estimate of drug-likeness (QED) is 0.677. The van der Waals surface area contributed by atoms with Crippen LogP contribution >= 0.6 is 33.9 Å². The average molecular weight is 278 g/mol. The lowest BCUT2D eigenvalue weighted by Gasteiger charge is -1.91. The maximum atomic E-state index is 4.27. The molecule has 0 radical (unpaired) electrons. The Hall–Kier alpha value is -0.100. The molecule has 0 unspecified atom stereocenters. The number of hydrogen-bond acceptors (Lipinski definition) is 2. The lowest BCUT2D eigenvalue weighted by atomic mass is 10.4. The molecule has 2 aromatic rings. The van der Waals surface area contributed by atoms with Crippen molar-refractivity contribution in [3.8, 4) is 0 Å². The van der Waals surface area contributed by atoms with Gasteiger partial charge in [-0.1, -0.05) is 0 Å². The Labute approximate surface area is 82.4 Å². The first-order chi connectivity index (χ1) is 5.20. The standard InChI is InChI=1S/C7H7IN2S/c1-4-5(2)11-7-9-3-6(8)10(4)7/h3H,1-2H3. The number of hydrogen-bond donors (Lipinski definition) is 0. The van der Waals surface area contributed by atoms with E-state index in [1.165, 1.54) is 14.3 Å². The lowest BCUT2D eigenvalue weighted by Crippen LogP contribution is -1.86. The van der Waals surface area contributed by atoms with Crippen molar-refractivity contribution in [2.45, 2.75) is 13.8 Å². The van der Waals surface area contributed by atoms with Gasteiger partial charge in [0, 0.05) is 10.6 Å². The van der Waals surface area contributed by atoms with Gasteiger partial charge in [0.15, 0.2) is 4.96 Å². The lowest BCUT2D eigenvalue weighted by molar-refractivity contribution is 1.08. The first-order valence-corrected chi connectivity index (χ1v) is 5.18. The minimum absolute atomic E-state index is 1.10. The monoisotopic (exact) mass is 278 g/mol. The molecule has 0 fully saturated rings. The summed E-state index contributed by atoms with van der Waals surface area (Å²) in [6.45, 7) is 4.26. The average Bonchev–Trinajstić information content (AvgIpc) is 2.41. The van der Waals surface area contributed by atoms with Gasteiger partial charge in [-0.15, -0.1) is 11.3 Å². The molecule has 4 heteroatoms. The fourth-order valence-electron chi connectivity index (χ4n) is 1.06. The van der Waals surface area contributed by atoms with E-state index in [1.807, 2.05) is 6.20 Å². The number of nitrogens with zero attached hydrogens (tertiary/aromatic N) is 2. The zero-order chi connectivity index (χ0) is 8.01. The first-order valence-electron chi connectivity index (χ1n) is 3.29. The molecule has 2 rings (SSSR count). The van der Waals surface area contributed by atoms with E-state index in [0.717, 1.165) is 4.96 Å².